The van der Waals surface area contributed by atoms with Gasteiger partial charge in [0, 0.05) is 18.8 Å². The monoisotopic (exact) mass is 514 g/mol. The van der Waals surface area contributed by atoms with Crippen LogP contribution in [0.3, 0.4) is 0 Å². The normalized spacial score (nSPS) is 11.3. The van der Waals surface area contributed by atoms with Crippen LogP contribution in [0, 0.1) is 0 Å². The van der Waals surface area contributed by atoms with Gasteiger partial charge in [0.25, 0.3) is 0 Å². The zero-order chi connectivity index (χ0) is 26.5. The van der Waals surface area contributed by atoms with Crippen LogP contribution >= 0.6 is 0 Å². The molecule has 0 saturated heterocycles. The second kappa shape index (κ2) is 28.0. The Morgan fingerprint density at radius 1 is 0.351 bits per heavy atom. The maximum absolute atomic E-state index is 2.66. The van der Waals surface area contributed by atoms with Crippen LogP contribution < -0.4 is 4.90 Å². The first-order chi connectivity index (χ1) is 18.4. The summed E-state index contributed by atoms with van der Waals surface area (Å²) in [5.74, 6) is 0. The van der Waals surface area contributed by atoms with Gasteiger partial charge in [-0.1, -0.05) is 186 Å². The number of benzene rings is 1. The smallest absolute Gasteiger partial charge is 0.0366 e. The molecule has 0 aliphatic heterocycles. The van der Waals surface area contributed by atoms with E-state index < -0.39 is 0 Å². The third-order valence-corrected chi connectivity index (χ3v) is 8.18. The number of anilines is 1. The highest BCUT2D eigenvalue weighted by atomic mass is 15.1. The Hall–Kier alpha value is -0.980. The summed E-state index contributed by atoms with van der Waals surface area (Å²) in [6.45, 7) is 7.08. The van der Waals surface area contributed by atoms with Crippen LogP contribution in [-0.4, -0.2) is 13.1 Å². The van der Waals surface area contributed by atoms with Crippen molar-refractivity contribution >= 4 is 5.69 Å². The molecule has 0 bridgehead atoms. The Kier molecular flexibility index (Phi) is 25.8. The third kappa shape index (κ3) is 22.7. The van der Waals surface area contributed by atoms with Gasteiger partial charge in [-0.15, -0.1) is 0 Å². The van der Waals surface area contributed by atoms with Crippen LogP contribution in [0.4, 0.5) is 5.69 Å². The lowest BCUT2D eigenvalue weighted by Crippen LogP contribution is -2.25. The summed E-state index contributed by atoms with van der Waals surface area (Å²) in [6, 6.07) is 11.2. The van der Waals surface area contributed by atoms with Gasteiger partial charge >= 0.3 is 0 Å². The van der Waals surface area contributed by atoms with Gasteiger partial charge in [-0.2, -0.15) is 0 Å². The average molecular weight is 514 g/mol. The molecule has 0 amide bonds. The highest BCUT2D eigenvalue weighted by molar-refractivity contribution is 5.45. The zero-order valence-electron chi connectivity index (χ0n) is 25.6. The van der Waals surface area contributed by atoms with Gasteiger partial charge in [0.2, 0.25) is 0 Å². The van der Waals surface area contributed by atoms with Crippen molar-refractivity contribution < 1.29 is 0 Å². The van der Waals surface area contributed by atoms with Crippen molar-refractivity contribution in [1.82, 2.24) is 0 Å². The molecule has 1 nitrogen and oxygen atoms in total. The van der Waals surface area contributed by atoms with Crippen molar-refractivity contribution in [3.63, 3.8) is 0 Å². The van der Waals surface area contributed by atoms with Gasteiger partial charge in [0.1, 0.15) is 0 Å². The summed E-state index contributed by atoms with van der Waals surface area (Å²) in [6.07, 6.45) is 37.3. The molecule has 0 aliphatic rings. The van der Waals surface area contributed by atoms with E-state index in [-0.39, 0.29) is 0 Å². The SMILES string of the molecule is CCCCCCCCCCCCCCCCCCN(CCCCCCCCCCCC)c1ccccc1. The number of para-hydroxylation sites is 1. The molecule has 0 saturated carbocycles. The van der Waals surface area contributed by atoms with Gasteiger partial charge in [-0.3, -0.25) is 0 Å². The molecule has 1 rings (SSSR count). The van der Waals surface area contributed by atoms with E-state index in [1.807, 2.05) is 0 Å². The first-order valence-corrected chi connectivity index (χ1v) is 17.2. The van der Waals surface area contributed by atoms with E-state index in [4.69, 9.17) is 0 Å². The molecule has 0 fully saturated rings. The van der Waals surface area contributed by atoms with Crippen molar-refractivity contribution in [2.24, 2.45) is 0 Å². The molecule has 0 radical (unpaired) electrons. The number of hydrogen-bond donors (Lipinski definition) is 0. The lowest BCUT2D eigenvalue weighted by Gasteiger charge is -2.25. The van der Waals surface area contributed by atoms with Crippen LogP contribution in [0.5, 0.6) is 0 Å². The Morgan fingerprint density at radius 3 is 0.919 bits per heavy atom. The van der Waals surface area contributed by atoms with Crippen LogP contribution in [0.15, 0.2) is 30.3 Å². The van der Waals surface area contributed by atoms with E-state index in [2.05, 4.69) is 49.1 Å². The Morgan fingerprint density at radius 2 is 0.622 bits per heavy atom. The summed E-state index contributed by atoms with van der Waals surface area (Å²) in [7, 11) is 0. The van der Waals surface area contributed by atoms with Crippen molar-refractivity contribution in [3.05, 3.63) is 30.3 Å². The number of hydrogen-bond acceptors (Lipinski definition) is 1. The second-order valence-electron chi connectivity index (χ2n) is 11.8. The predicted octanol–water partition coefficient (Wildman–Crippen LogP) is 12.7. The quantitative estimate of drug-likeness (QED) is 0.0962. The summed E-state index contributed by atoms with van der Waals surface area (Å²) in [5, 5.41) is 0. The van der Waals surface area contributed by atoms with E-state index in [9.17, 15) is 0 Å². The van der Waals surface area contributed by atoms with Gasteiger partial charge < -0.3 is 4.90 Å². The molecule has 1 aromatic rings. The minimum atomic E-state index is 1.24. The third-order valence-electron chi connectivity index (χ3n) is 8.18. The fourth-order valence-corrected chi connectivity index (χ4v) is 5.65. The maximum Gasteiger partial charge on any atom is 0.0366 e. The largest absolute Gasteiger partial charge is 0.372 e. The molecule has 1 aromatic carbocycles. The second-order valence-corrected chi connectivity index (χ2v) is 11.8. The summed E-state index contributed by atoms with van der Waals surface area (Å²) in [4.78, 5) is 2.66. The highest BCUT2D eigenvalue weighted by Gasteiger charge is 2.06. The lowest BCUT2D eigenvalue weighted by atomic mass is 10.0. The fraction of sp³-hybridized carbons (Fsp3) is 0.833. The fourth-order valence-electron chi connectivity index (χ4n) is 5.65. The molecule has 0 spiro atoms. The maximum atomic E-state index is 2.66. The first-order valence-electron chi connectivity index (χ1n) is 17.2. The van der Waals surface area contributed by atoms with Gasteiger partial charge in [-0.25, -0.2) is 0 Å². The van der Waals surface area contributed by atoms with E-state index in [1.54, 1.807) is 0 Å². The van der Waals surface area contributed by atoms with E-state index >= 15 is 0 Å². The highest BCUT2D eigenvalue weighted by Crippen LogP contribution is 2.18. The van der Waals surface area contributed by atoms with Gasteiger partial charge in [0.15, 0.2) is 0 Å². The molecule has 0 atom stereocenters. The lowest BCUT2D eigenvalue weighted by molar-refractivity contribution is 0.527. The Labute approximate surface area is 234 Å². The standard InChI is InChI=1S/C36H67N/c1-3-5-7-9-11-13-15-16-17-18-19-20-22-24-26-31-35-37(36-32-28-27-29-33-36)34-30-25-23-21-14-12-10-8-6-4-2/h27-29,32-33H,3-26,30-31,34-35H2,1-2H3. The summed E-state index contributed by atoms with van der Waals surface area (Å²) < 4.78 is 0. The van der Waals surface area contributed by atoms with Crippen molar-refractivity contribution in [2.45, 2.75) is 181 Å². The average Bonchev–Trinajstić information content (AvgIpc) is 2.93. The van der Waals surface area contributed by atoms with Crippen molar-refractivity contribution in [2.75, 3.05) is 18.0 Å². The summed E-state index contributed by atoms with van der Waals surface area (Å²) >= 11 is 0. The zero-order valence-corrected chi connectivity index (χ0v) is 25.6. The molecule has 0 heterocycles. The van der Waals surface area contributed by atoms with Crippen LogP contribution in [0.1, 0.15) is 181 Å². The number of nitrogens with zero attached hydrogens (tertiary/aromatic N) is 1. The predicted molar refractivity (Wildman–Crippen MR) is 170 cm³/mol. The molecule has 0 aliphatic carbocycles. The Bertz CT molecular complexity index is 539. The van der Waals surface area contributed by atoms with Gasteiger partial charge in [0.05, 0.1) is 0 Å². The summed E-state index contributed by atoms with van der Waals surface area (Å²) in [5.41, 5.74) is 1.43. The molecular formula is C36H67N. The minimum absolute atomic E-state index is 1.24. The molecule has 37 heavy (non-hydrogen) atoms. The van der Waals surface area contributed by atoms with Gasteiger partial charge in [-0.05, 0) is 25.0 Å². The Balaban J connectivity index is 1.99. The van der Waals surface area contributed by atoms with Crippen LogP contribution in [0.2, 0.25) is 0 Å². The molecule has 1 heteroatoms. The molecule has 0 aromatic heterocycles. The van der Waals surface area contributed by atoms with E-state index in [0.29, 0.717) is 0 Å². The van der Waals surface area contributed by atoms with Crippen molar-refractivity contribution in [1.29, 1.82) is 0 Å². The molecule has 216 valence electrons. The molecule has 0 unspecified atom stereocenters. The number of unbranched alkanes of at least 4 members (excludes halogenated alkanes) is 24. The molecule has 0 N–H and O–H groups in total. The van der Waals surface area contributed by atoms with E-state index in [0.717, 1.165) is 0 Å². The molecular weight excluding hydrogens is 446 g/mol. The van der Waals surface area contributed by atoms with Crippen LogP contribution in [-0.2, 0) is 0 Å². The number of rotatable bonds is 29. The van der Waals surface area contributed by atoms with Crippen LogP contribution in [0.25, 0.3) is 0 Å². The minimum Gasteiger partial charge on any atom is -0.372 e. The van der Waals surface area contributed by atoms with Crippen molar-refractivity contribution in [3.8, 4) is 0 Å². The first kappa shape index (κ1) is 34.0. The van der Waals surface area contributed by atoms with E-state index in [1.165, 1.54) is 186 Å². The topological polar surface area (TPSA) is 3.24 Å².